The van der Waals surface area contributed by atoms with Crippen molar-refractivity contribution in [1.29, 1.82) is 0 Å². The Morgan fingerprint density at radius 3 is 2.56 bits per heavy atom. The Morgan fingerprint density at radius 2 is 2.00 bits per heavy atom. The van der Waals surface area contributed by atoms with Crippen LogP contribution < -0.4 is 4.74 Å². The van der Waals surface area contributed by atoms with Crippen molar-refractivity contribution in [2.75, 3.05) is 0 Å². The van der Waals surface area contributed by atoms with Crippen LogP contribution in [-0.4, -0.2) is 11.2 Å². The highest BCUT2D eigenvalue weighted by Gasteiger charge is 2.11. The molecule has 0 amide bonds. The molecular weight excluding hydrogens is 200 g/mol. The molecule has 16 heavy (non-hydrogen) atoms. The molecule has 0 fully saturated rings. The standard InChI is InChI=1S/C14H22O2/c1-5-6-11(3)16-14-8-7-10(2)9-13(14)12(4)15/h7-9,11-12,15H,5-6H2,1-4H3. The van der Waals surface area contributed by atoms with Crippen molar-refractivity contribution in [3.8, 4) is 5.75 Å². The Bertz CT molecular complexity index is 332. The molecule has 0 spiro atoms. The molecule has 90 valence electrons. The molecular formula is C14H22O2. The highest BCUT2D eigenvalue weighted by Crippen LogP contribution is 2.27. The zero-order chi connectivity index (χ0) is 12.1. The minimum atomic E-state index is -0.483. The van der Waals surface area contributed by atoms with Crippen molar-refractivity contribution in [1.82, 2.24) is 0 Å². The van der Waals surface area contributed by atoms with E-state index in [0.29, 0.717) is 0 Å². The molecule has 1 aromatic carbocycles. The summed E-state index contributed by atoms with van der Waals surface area (Å²) >= 11 is 0. The molecule has 0 bridgehead atoms. The molecule has 0 saturated carbocycles. The summed E-state index contributed by atoms with van der Waals surface area (Å²) in [6, 6.07) is 5.95. The molecule has 1 aromatic rings. The van der Waals surface area contributed by atoms with Crippen molar-refractivity contribution in [2.24, 2.45) is 0 Å². The Hall–Kier alpha value is -1.02. The fourth-order valence-electron chi connectivity index (χ4n) is 1.78. The van der Waals surface area contributed by atoms with Gasteiger partial charge < -0.3 is 9.84 Å². The average molecular weight is 222 g/mol. The molecule has 0 aliphatic rings. The molecule has 2 unspecified atom stereocenters. The van der Waals surface area contributed by atoms with E-state index in [2.05, 4.69) is 13.8 Å². The molecule has 2 nitrogen and oxygen atoms in total. The van der Waals surface area contributed by atoms with Crippen LogP contribution >= 0.6 is 0 Å². The quantitative estimate of drug-likeness (QED) is 0.824. The number of rotatable bonds is 5. The van der Waals surface area contributed by atoms with Gasteiger partial charge in [-0.05, 0) is 39.3 Å². The van der Waals surface area contributed by atoms with Gasteiger partial charge in [-0.1, -0.05) is 25.0 Å². The number of hydrogen-bond acceptors (Lipinski definition) is 2. The number of aryl methyl sites for hydroxylation is 1. The third-order valence-corrected chi connectivity index (χ3v) is 2.64. The SMILES string of the molecule is CCCC(C)Oc1ccc(C)cc1C(C)O. The summed E-state index contributed by atoms with van der Waals surface area (Å²) in [5.41, 5.74) is 2.02. The summed E-state index contributed by atoms with van der Waals surface area (Å²) in [6.45, 7) is 8.00. The molecule has 0 aromatic heterocycles. The van der Waals surface area contributed by atoms with Gasteiger partial charge in [0.1, 0.15) is 5.75 Å². The Labute approximate surface area is 98.3 Å². The Balaban J connectivity index is 2.86. The van der Waals surface area contributed by atoms with Crippen LogP contribution in [0.5, 0.6) is 5.75 Å². The van der Waals surface area contributed by atoms with E-state index in [1.54, 1.807) is 6.92 Å². The van der Waals surface area contributed by atoms with Crippen LogP contribution in [0, 0.1) is 6.92 Å². The first-order chi connectivity index (χ1) is 7.54. The summed E-state index contributed by atoms with van der Waals surface area (Å²) in [4.78, 5) is 0. The fraction of sp³-hybridized carbons (Fsp3) is 0.571. The monoisotopic (exact) mass is 222 g/mol. The topological polar surface area (TPSA) is 29.5 Å². The van der Waals surface area contributed by atoms with Gasteiger partial charge in [-0.25, -0.2) is 0 Å². The largest absolute Gasteiger partial charge is 0.490 e. The Kier molecular flexibility index (Phi) is 4.81. The second-order valence-corrected chi connectivity index (χ2v) is 4.43. The zero-order valence-corrected chi connectivity index (χ0v) is 10.7. The van der Waals surface area contributed by atoms with Crippen LogP contribution in [0.25, 0.3) is 0 Å². The molecule has 0 saturated heterocycles. The van der Waals surface area contributed by atoms with E-state index >= 15 is 0 Å². The van der Waals surface area contributed by atoms with Crippen molar-refractivity contribution < 1.29 is 9.84 Å². The summed E-state index contributed by atoms with van der Waals surface area (Å²) in [7, 11) is 0. The predicted octanol–water partition coefficient (Wildman–Crippen LogP) is 3.62. The van der Waals surface area contributed by atoms with Crippen LogP contribution in [-0.2, 0) is 0 Å². The highest BCUT2D eigenvalue weighted by atomic mass is 16.5. The number of aliphatic hydroxyl groups excluding tert-OH is 1. The van der Waals surface area contributed by atoms with E-state index in [1.165, 1.54) is 0 Å². The van der Waals surface area contributed by atoms with Gasteiger partial charge >= 0.3 is 0 Å². The zero-order valence-electron chi connectivity index (χ0n) is 10.7. The second kappa shape index (κ2) is 5.90. The summed E-state index contributed by atoms with van der Waals surface area (Å²) in [5.74, 6) is 0.807. The lowest BCUT2D eigenvalue weighted by atomic mass is 10.1. The minimum absolute atomic E-state index is 0.199. The van der Waals surface area contributed by atoms with Gasteiger partial charge in [0.05, 0.1) is 12.2 Å². The maximum Gasteiger partial charge on any atom is 0.125 e. The van der Waals surface area contributed by atoms with Crippen LogP contribution in [0.3, 0.4) is 0 Å². The molecule has 0 heterocycles. The van der Waals surface area contributed by atoms with E-state index in [1.807, 2.05) is 25.1 Å². The van der Waals surface area contributed by atoms with E-state index in [9.17, 15) is 5.11 Å². The first-order valence-corrected chi connectivity index (χ1v) is 5.99. The van der Waals surface area contributed by atoms with E-state index in [4.69, 9.17) is 4.74 Å². The third kappa shape index (κ3) is 3.53. The highest BCUT2D eigenvalue weighted by molar-refractivity contribution is 5.38. The van der Waals surface area contributed by atoms with Crippen molar-refractivity contribution >= 4 is 0 Å². The molecule has 1 rings (SSSR count). The fourth-order valence-corrected chi connectivity index (χ4v) is 1.78. The van der Waals surface area contributed by atoms with Gasteiger partial charge in [-0.2, -0.15) is 0 Å². The summed E-state index contributed by atoms with van der Waals surface area (Å²) < 4.78 is 5.84. The van der Waals surface area contributed by atoms with E-state index < -0.39 is 6.10 Å². The van der Waals surface area contributed by atoms with Crippen LogP contribution in [0.4, 0.5) is 0 Å². The molecule has 0 aliphatic carbocycles. The second-order valence-electron chi connectivity index (χ2n) is 4.43. The smallest absolute Gasteiger partial charge is 0.125 e. The Morgan fingerprint density at radius 1 is 1.31 bits per heavy atom. The summed E-state index contributed by atoms with van der Waals surface area (Å²) in [5, 5.41) is 9.69. The van der Waals surface area contributed by atoms with Gasteiger partial charge in [-0.3, -0.25) is 0 Å². The maximum atomic E-state index is 9.69. The number of ether oxygens (including phenoxy) is 1. The van der Waals surface area contributed by atoms with Crippen molar-refractivity contribution in [2.45, 2.75) is 52.7 Å². The minimum Gasteiger partial charge on any atom is -0.490 e. The molecule has 0 radical (unpaired) electrons. The molecule has 0 aliphatic heterocycles. The van der Waals surface area contributed by atoms with E-state index in [-0.39, 0.29) is 6.10 Å². The van der Waals surface area contributed by atoms with Crippen molar-refractivity contribution in [3.63, 3.8) is 0 Å². The van der Waals surface area contributed by atoms with Gasteiger partial charge in [0.2, 0.25) is 0 Å². The lowest BCUT2D eigenvalue weighted by Gasteiger charge is -2.18. The molecule has 2 heteroatoms. The van der Waals surface area contributed by atoms with Crippen LogP contribution in [0.1, 0.15) is 50.8 Å². The first kappa shape index (κ1) is 13.0. The van der Waals surface area contributed by atoms with Gasteiger partial charge in [-0.15, -0.1) is 0 Å². The lowest BCUT2D eigenvalue weighted by Crippen LogP contribution is -2.13. The third-order valence-electron chi connectivity index (χ3n) is 2.64. The number of hydrogen-bond donors (Lipinski definition) is 1. The average Bonchev–Trinajstić information content (AvgIpc) is 2.20. The predicted molar refractivity (Wildman–Crippen MR) is 66.8 cm³/mol. The van der Waals surface area contributed by atoms with Gasteiger partial charge in [0.15, 0.2) is 0 Å². The number of aliphatic hydroxyl groups is 1. The maximum absolute atomic E-state index is 9.69. The van der Waals surface area contributed by atoms with Crippen molar-refractivity contribution in [3.05, 3.63) is 29.3 Å². The number of benzene rings is 1. The molecule has 2 atom stereocenters. The van der Waals surface area contributed by atoms with E-state index in [0.717, 1.165) is 29.7 Å². The first-order valence-electron chi connectivity index (χ1n) is 5.99. The lowest BCUT2D eigenvalue weighted by molar-refractivity contribution is 0.174. The van der Waals surface area contributed by atoms with Crippen LogP contribution in [0.15, 0.2) is 18.2 Å². The van der Waals surface area contributed by atoms with Crippen LogP contribution in [0.2, 0.25) is 0 Å². The van der Waals surface area contributed by atoms with Gasteiger partial charge in [0.25, 0.3) is 0 Å². The summed E-state index contributed by atoms with van der Waals surface area (Å²) in [6.07, 6.45) is 1.86. The molecule has 1 N–H and O–H groups in total. The normalized spacial score (nSPS) is 14.6. The van der Waals surface area contributed by atoms with Gasteiger partial charge in [0, 0.05) is 5.56 Å².